The molecule has 0 saturated heterocycles. The Kier molecular flexibility index (Phi) is 4.32. The van der Waals surface area contributed by atoms with Crippen LogP contribution in [0, 0.1) is 0 Å². The molecule has 7 heteroatoms. The number of hydrogen-bond acceptors (Lipinski definition) is 2. The maximum absolute atomic E-state index is 12.1. The fraction of sp³-hybridized carbons (Fsp3) is 0.0714. The number of anilines is 1. The molecule has 2 rings (SSSR count). The van der Waals surface area contributed by atoms with E-state index in [1.54, 1.807) is 24.3 Å². The largest absolute Gasteiger partial charge is 0.573 e. The van der Waals surface area contributed by atoms with Crippen LogP contribution in [0.4, 0.5) is 18.9 Å². The van der Waals surface area contributed by atoms with Gasteiger partial charge in [0.15, 0.2) is 5.11 Å². The fourth-order valence-electron chi connectivity index (χ4n) is 1.81. The highest BCUT2D eigenvalue weighted by Gasteiger charge is 2.30. The minimum atomic E-state index is -4.70. The summed E-state index contributed by atoms with van der Waals surface area (Å²) in [6.45, 7) is 0. The van der Waals surface area contributed by atoms with E-state index in [0.717, 1.165) is 5.56 Å². The Hall–Kier alpha value is -2.28. The van der Waals surface area contributed by atoms with E-state index in [1.165, 1.54) is 24.3 Å². The van der Waals surface area contributed by atoms with E-state index in [4.69, 9.17) is 18.0 Å². The molecule has 0 amide bonds. The van der Waals surface area contributed by atoms with Crippen LogP contribution in [0.3, 0.4) is 0 Å². The van der Waals surface area contributed by atoms with Crippen molar-refractivity contribution in [2.45, 2.75) is 6.36 Å². The lowest BCUT2D eigenvalue weighted by molar-refractivity contribution is -0.274. The summed E-state index contributed by atoms with van der Waals surface area (Å²) in [6, 6.07) is 12.7. The molecule has 0 bridgehead atoms. The number of nitrogens with one attached hydrogen (secondary N) is 1. The predicted molar refractivity (Wildman–Crippen MR) is 79.0 cm³/mol. The van der Waals surface area contributed by atoms with E-state index in [1.807, 2.05) is 0 Å². The van der Waals surface area contributed by atoms with Crippen LogP contribution in [-0.2, 0) is 0 Å². The van der Waals surface area contributed by atoms with Gasteiger partial charge in [0.2, 0.25) is 0 Å². The highest BCUT2D eigenvalue weighted by atomic mass is 32.1. The lowest BCUT2D eigenvalue weighted by Gasteiger charge is -2.12. The molecule has 0 aliphatic carbocycles. The van der Waals surface area contributed by atoms with Gasteiger partial charge in [0, 0.05) is 11.3 Å². The van der Waals surface area contributed by atoms with Gasteiger partial charge in [0.05, 0.1) is 0 Å². The third-order valence-electron chi connectivity index (χ3n) is 2.58. The van der Waals surface area contributed by atoms with Crippen molar-refractivity contribution >= 4 is 23.0 Å². The summed E-state index contributed by atoms with van der Waals surface area (Å²) in [6.07, 6.45) is -4.70. The molecule has 0 aromatic heterocycles. The smallest absolute Gasteiger partial charge is 0.406 e. The van der Waals surface area contributed by atoms with E-state index >= 15 is 0 Å². The molecular weight excluding hydrogens is 301 g/mol. The molecule has 0 heterocycles. The third-order valence-corrected chi connectivity index (χ3v) is 2.69. The number of nitrogens with two attached hydrogens (primary N) is 1. The van der Waals surface area contributed by atoms with Gasteiger partial charge >= 0.3 is 6.36 Å². The van der Waals surface area contributed by atoms with Gasteiger partial charge in [-0.15, -0.1) is 13.2 Å². The van der Waals surface area contributed by atoms with Crippen molar-refractivity contribution in [1.82, 2.24) is 0 Å². The van der Waals surface area contributed by atoms with E-state index in [9.17, 15) is 13.2 Å². The molecule has 3 N–H and O–H groups in total. The standard InChI is InChI=1S/C14H11F3N2OS/c15-14(16,17)20-10-7-5-9(6-8-10)11-3-1-2-4-12(11)19-13(18)21/h1-8H,(H3,18,19,21). The van der Waals surface area contributed by atoms with E-state index in [0.29, 0.717) is 11.3 Å². The molecule has 0 saturated carbocycles. The Morgan fingerprint density at radius 1 is 1.05 bits per heavy atom. The lowest BCUT2D eigenvalue weighted by atomic mass is 10.0. The average molecular weight is 312 g/mol. The van der Waals surface area contributed by atoms with Crippen molar-refractivity contribution in [2.75, 3.05) is 5.32 Å². The molecular formula is C14H11F3N2OS. The van der Waals surface area contributed by atoms with Crippen molar-refractivity contribution in [3.05, 3.63) is 48.5 Å². The number of para-hydroxylation sites is 1. The quantitative estimate of drug-likeness (QED) is 0.844. The first-order valence-electron chi connectivity index (χ1n) is 5.87. The first-order chi connectivity index (χ1) is 9.85. The number of thiocarbonyl (C=S) groups is 1. The van der Waals surface area contributed by atoms with Crippen LogP contribution in [-0.4, -0.2) is 11.5 Å². The van der Waals surface area contributed by atoms with Crippen LogP contribution in [0.1, 0.15) is 0 Å². The number of halogens is 3. The SMILES string of the molecule is NC(=S)Nc1ccccc1-c1ccc(OC(F)(F)F)cc1. The van der Waals surface area contributed by atoms with Gasteiger partial charge in [0.1, 0.15) is 5.75 Å². The summed E-state index contributed by atoms with van der Waals surface area (Å²) < 4.78 is 40.2. The molecule has 21 heavy (non-hydrogen) atoms. The molecule has 2 aromatic rings. The van der Waals surface area contributed by atoms with Gasteiger partial charge in [-0.05, 0) is 36.0 Å². The topological polar surface area (TPSA) is 47.3 Å². The lowest BCUT2D eigenvalue weighted by Crippen LogP contribution is -2.19. The molecule has 110 valence electrons. The molecule has 0 radical (unpaired) electrons. The minimum Gasteiger partial charge on any atom is -0.406 e. The second kappa shape index (κ2) is 6.01. The second-order valence-corrected chi connectivity index (χ2v) is 4.55. The van der Waals surface area contributed by atoms with E-state index < -0.39 is 6.36 Å². The minimum absolute atomic E-state index is 0.111. The number of rotatable bonds is 3. The molecule has 0 fully saturated rings. The monoisotopic (exact) mass is 312 g/mol. The van der Waals surface area contributed by atoms with Crippen molar-refractivity contribution < 1.29 is 17.9 Å². The van der Waals surface area contributed by atoms with Crippen LogP contribution < -0.4 is 15.8 Å². The van der Waals surface area contributed by atoms with Crippen LogP contribution >= 0.6 is 12.2 Å². The first-order valence-corrected chi connectivity index (χ1v) is 6.27. The summed E-state index contributed by atoms with van der Waals surface area (Å²) in [5.74, 6) is -0.272. The van der Waals surface area contributed by atoms with Gasteiger partial charge in [-0.3, -0.25) is 0 Å². The first kappa shape index (κ1) is 15.1. The predicted octanol–water partition coefficient (Wildman–Crippen LogP) is 3.91. The molecule has 3 nitrogen and oxygen atoms in total. The van der Waals surface area contributed by atoms with Gasteiger partial charge < -0.3 is 15.8 Å². The summed E-state index contributed by atoms with van der Waals surface area (Å²) in [7, 11) is 0. The second-order valence-electron chi connectivity index (χ2n) is 4.11. The Bertz CT molecular complexity index is 641. The van der Waals surface area contributed by atoms with Gasteiger partial charge in [-0.1, -0.05) is 30.3 Å². The van der Waals surface area contributed by atoms with Gasteiger partial charge in [0.25, 0.3) is 0 Å². The molecule has 0 atom stereocenters. The van der Waals surface area contributed by atoms with E-state index in [-0.39, 0.29) is 10.9 Å². The molecule has 0 unspecified atom stereocenters. The number of benzene rings is 2. The molecule has 0 aliphatic rings. The maximum Gasteiger partial charge on any atom is 0.573 e. The normalized spacial score (nSPS) is 11.0. The van der Waals surface area contributed by atoms with Crippen molar-refractivity contribution in [3.63, 3.8) is 0 Å². The zero-order valence-corrected chi connectivity index (χ0v) is 11.5. The van der Waals surface area contributed by atoms with E-state index in [2.05, 4.69) is 10.1 Å². The average Bonchev–Trinajstić information content (AvgIpc) is 2.38. The Morgan fingerprint density at radius 3 is 2.24 bits per heavy atom. The Labute approximate surface area is 124 Å². The zero-order chi connectivity index (χ0) is 15.5. The summed E-state index contributed by atoms with van der Waals surface area (Å²) in [4.78, 5) is 0. The van der Waals surface area contributed by atoms with Crippen LogP contribution in [0.2, 0.25) is 0 Å². The van der Waals surface area contributed by atoms with Gasteiger partial charge in [-0.2, -0.15) is 0 Å². The Balaban J connectivity index is 2.29. The van der Waals surface area contributed by atoms with Crippen LogP contribution in [0.15, 0.2) is 48.5 Å². The molecule has 2 aromatic carbocycles. The maximum atomic E-state index is 12.1. The van der Waals surface area contributed by atoms with Crippen molar-refractivity contribution in [2.24, 2.45) is 5.73 Å². The molecule has 0 spiro atoms. The van der Waals surface area contributed by atoms with Gasteiger partial charge in [-0.25, -0.2) is 0 Å². The number of hydrogen-bond donors (Lipinski definition) is 2. The van der Waals surface area contributed by atoms with Crippen molar-refractivity contribution in [3.8, 4) is 16.9 Å². The molecule has 0 aliphatic heterocycles. The van der Waals surface area contributed by atoms with Crippen molar-refractivity contribution in [1.29, 1.82) is 0 Å². The number of ether oxygens (including phenoxy) is 1. The zero-order valence-electron chi connectivity index (χ0n) is 10.6. The Morgan fingerprint density at radius 2 is 1.67 bits per heavy atom. The fourth-order valence-corrected chi connectivity index (χ4v) is 1.92. The summed E-state index contributed by atoms with van der Waals surface area (Å²) in [5.41, 5.74) is 7.60. The third kappa shape index (κ3) is 4.35. The van der Waals surface area contributed by atoms with Crippen LogP contribution in [0.25, 0.3) is 11.1 Å². The summed E-state index contributed by atoms with van der Waals surface area (Å²) in [5, 5.41) is 2.93. The highest BCUT2D eigenvalue weighted by molar-refractivity contribution is 7.80. The number of alkyl halides is 3. The highest BCUT2D eigenvalue weighted by Crippen LogP contribution is 2.30. The van der Waals surface area contributed by atoms with Crippen LogP contribution in [0.5, 0.6) is 5.75 Å². The summed E-state index contributed by atoms with van der Waals surface area (Å²) >= 11 is 4.79.